The highest BCUT2D eigenvalue weighted by atomic mass is 16.3. The minimum absolute atomic E-state index is 0.107. The van der Waals surface area contributed by atoms with Gasteiger partial charge >= 0.3 is 0 Å². The van der Waals surface area contributed by atoms with E-state index in [1.807, 2.05) is 0 Å². The monoisotopic (exact) mass is 208 g/mol. The maximum Gasteiger partial charge on any atom is 0.228 e. The number of hydrogen-bond acceptors (Lipinski definition) is 3. The summed E-state index contributed by atoms with van der Waals surface area (Å²) < 4.78 is 0. The van der Waals surface area contributed by atoms with E-state index in [0.717, 1.165) is 5.56 Å². The molecule has 0 aliphatic heterocycles. The topological polar surface area (TPSA) is 75.4 Å². The average Bonchev–Trinajstić information content (AvgIpc) is 2.23. The maximum absolute atomic E-state index is 11.5. The van der Waals surface area contributed by atoms with E-state index in [4.69, 9.17) is 5.73 Å². The van der Waals surface area contributed by atoms with Gasteiger partial charge in [-0.05, 0) is 18.6 Å². The molecule has 4 nitrogen and oxygen atoms in total. The molecule has 1 rings (SSSR count). The highest BCUT2D eigenvalue weighted by Crippen LogP contribution is 2.26. The van der Waals surface area contributed by atoms with Gasteiger partial charge in [-0.1, -0.05) is 19.1 Å². The third kappa shape index (κ3) is 2.70. The van der Waals surface area contributed by atoms with Gasteiger partial charge in [0.2, 0.25) is 5.91 Å². The van der Waals surface area contributed by atoms with Crippen molar-refractivity contribution >= 4 is 11.6 Å². The van der Waals surface area contributed by atoms with Crippen LogP contribution in [0, 0.1) is 12.8 Å². The van der Waals surface area contributed by atoms with Crippen molar-refractivity contribution in [2.75, 3.05) is 11.9 Å². The first-order valence-electron chi connectivity index (χ1n) is 4.85. The number of amides is 1. The lowest BCUT2D eigenvalue weighted by atomic mass is 10.1. The van der Waals surface area contributed by atoms with Crippen molar-refractivity contribution in [1.82, 2.24) is 0 Å². The van der Waals surface area contributed by atoms with Crippen molar-refractivity contribution in [2.24, 2.45) is 11.7 Å². The molecular formula is C11H16N2O2. The summed E-state index contributed by atoms with van der Waals surface area (Å²) in [6, 6.07) is 5.21. The highest BCUT2D eigenvalue weighted by Gasteiger charge is 2.13. The highest BCUT2D eigenvalue weighted by molar-refractivity contribution is 5.94. The molecule has 4 N–H and O–H groups in total. The SMILES string of the molecule is Cc1cccc(NC(=O)C(C)CN)c1O. The Labute approximate surface area is 89.1 Å². The molecule has 1 atom stereocenters. The molecule has 0 aromatic heterocycles. The smallest absolute Gasteiger partial charge is 0.228 e. The van der Waals surface area contributed by atoms with Crippen molar-refractivity contribution in [3.8, 4) is 5.75 Å². The molecule has 0 heterocycles. The molecule has 0 spiro atoms. The van der Waals surface area contributed by atoms with Gasteiger partial charge in [-0.15, -0.1) is 0 Å². The van der Waals surface area contributed by atoms with E-state index < -0.39 is 0 Å². The van der Waals surface area contributed by atoms with Crippen molar-refractivity contribution in [3.05, 3.63) is 23.8 Å². The standard InChI is InChI=1S/C11H16N2O2/c1-7-4-3-5-9(10(7)14)13-11(15)8(2)6-12/h3-5,8,14H,6,12H2,1-2H3,(H,13,15). The minimum Gasteiger partial charge on any atom is -0.505 e. The van der Waals surface area contributed by atoms with Crippen LogP contribution in [0.15, 0.2) is 18.2 Å². The van der Waals surface area contributed by atoms with Crippen LogP contribution in [-0.2, 0) is 4.79 Å². The number of nitrogens with two attached hydrogens (primary N) is 1. The summed E-state index contributed by atoms with van der Waals surface area (Å²) in [4.78, 5) is 11.5. The van der Waals surface area contributed by atoms with Crippen LogP contribution < -0.4 is 11.1 Å². The molecule has 82 valence electrons. The van der Waals surface area contributed by atoms with Gasteiger partial charge in [-0.2, -0.15) is 0 Å². The Morgan fingerprint density at radius 3 is 2.87 bits per heavy atom. The third-order valence-corrected chi connectivity index (χ3v) is 2.30. The number of nitrogens with one attached hydrogen (secondary N) is 1. The Balaban J connectivity index is 2.81. The lowest BCUT2D eigenvalue weighted by Gasteiger charge is -2.12. The first-order chi connectivity index (χ1) is 7.06. The molecule has 1 unspecified atom stereocenters. The summed E-state index contributed by atoms with van der Waals surface area (Å²) in [5, 5.41) is 12.3. The normalized spacial score (nSPS) is 12.2. The zero-order valence-electron chi connectivity index (χ0n) is 8.95. The number of phenols is 1. The van der Waals surface area contributed by atoms with Crippen molar-refractivity contribution in [2.45, 2.75) is 13.8 Å². The van der Waals surface area contributed by atoms with Gasteiger partial charge < -0.3 is 16.2 Å². The third-order valence-electron chi connectivity index (χ3n) is 2.30. The summed E-state index contributed by atoms with van der Waals surface area (Å²) in [7, 11) is 0. The van der Waals surface area contributed by atoms with Gasteiger partial charge in [-0.25, -0.2) is 0 Å². The molecule has 0 aliphatic rings. The van der Waals surface area contributed by atoms with E-state index in [2.05, 4.69) is 5.32 Å². The number of carbonyl (C=O) groups excluding carboxylic acids is 1. The van der Waals surface area contributed by atoms with Crippen molar-refractivity contribution < 1.29 is 9.90 Å². The van der Waals surface area contributed by atoms with Gasteiger partial charge in [0.15, 0.2) is 0 Å². The fourth-order valence-corrected chi connectivity index (χ4v) is 1.12. The number of carbonyl (C=O) groups is 1. The molecule has 0 radical (unpaired) electrons. The molecule has 0 bridgehead atoms. The molecule has 0 saturated carbocycles. The largest absolute Gasteiger partial charge is 0.505 e. The summed E-state index contributed by atoms with van der Waals surface area (Å²) in [5.41, 5.74) is 6.53. The van der Waals surface area contributed by atoms with Crippen LogP contribution in [0.1, 0.15) is 12.5 Å². The number of hydrogen-bond donors (Lipinski definition) is 3. The number of rotatable bonds is 3. The number of aryl methyl sites for hydroxylation is 1. The van der Waals surface area contributed by atoms with E-state index in [1.165, 1.54) is 0 Å². The predicted molar refractivity (Wildman–Crippen MR) is 59.7 cm³/mol. The molecule has 1 aromatic carbocycles. The van der Waals surface area contributed by atoms with Crippen molar-refractivity contribution in [3.63, 3.8) is 0 Å². The average molecular weight is 208 g/mol. The second-order valence-corrected chi connectivity index (χ2v) is 3.60. The Hall–Kier alpha value is -1.55. The first-order valence-corrected chi connectivity index (χ1v) is 4.85. The molecule has 15 heavy (non-hydrogen) atoms. The van der Waals surface area contributed by atoms with Gasteiger partial charge in [0, 0.05) is 12.5 Å². The number of anilines is 1. The minimum atomic E-state index is -0.259. The molecule has 1 amide bonds. The molecular weight excluding hydrogens is 192 g/mol. The van der Waals surface area contributed by atoms with Crippen LogP contribution in [0.2, 0.25) is 0 Å². The van der Waals surface area contributed by atoms with Crippen molar-refractivity contribution in [1.29, 1.82) is 0 Å². The Morgan fingerprint density at radius 2 is 2.27 bits per heavy atom. The molecule has 1 aromatic rings. The number of para-hydroxylation sites is 1. The summed E-state index contributed by atoms with van der Waals surface area (Å²) in [6.45, 7) is 3.80. The van der Waals surface area contributed by atoms with Gasteiger partial charge in [-0.3, -0.25) is 4.79 Å². The van der Waals surface area contributed by atoms with Gasteiger partial charge in [0.05, 0.1) is 5.69 Å². The first kappa shape index (κ1) is 11.5. The van der Waals surface area contributed by atoms with Crippen LogP contribution in [-0.4, -0.2) is 17.6 Å². The number of benzene rings is 1. The van der Waals surface area contributed by atoms with E-state index in [9.17, 15) is 9.90 Å². The van der Waals surface area contributed by atoms with Crippen LogP contribution in [0.25, 0.3) is 0 Å². The van der Waals surface area contributed by atoms with Gasteiger partial charge in [0.1, 0.15) is 5.75 Å². The lowest BCUT2D eigenvalue weighted by molar-refractivity contribution is -0.119. The summed E-state index contributed by atoms with van der Waals surface area (Å²) >= 11 is 0. The number of phenolic OH excluding ortho intramolecular Hbond substituents is 1. The van der Waals surface area contributed by atoms with E-state index in [-0.39, 0.29) is 17.6 Å². The molecule has 0 fully saturated rings. The maximum atomic E-state index is 11.5. The Kier molecular flexibility index (Phi) is 3.68. The second kappa shape index (κ2) is 4.79. The molecule has 0 aliphatic carbocycles. The van der Waals surface area contributed by atoms with Gasteiger partial charge in [0.25, 0.3) is 0 Å². The van der Waals surface area contributed by atoms with Crippen LogP contribution in [0.5, 0.6) is 5.75 Å². The van der Waals surface area contributed by atoms with Crippen LogP contribution in [0.3, 0.4) is 0 Å². The molecule has 4 heteroatoms. The number of aromatic hydroxyl groups is 1. The van der Waals surface area contributed by atoms with E-state index in [1.54, 1.807) is 32.0 Å². The zero-order valence-corrected chi connectivity index (χ0v) is 8.95. The molecule has 0 saturated heterocycles. The fourth-order valence-electron chi connectivity index (χ4n) is 1.12. The van der Waals surface area contributed by atoms with E-state index in [0.29, 0.717) is 12.2 Å². The van der Waals surface area contributed by atoms with Crippen LogP contribution in [0.4, 0.5) is 5.69 Å². The second-order valence-electron chi connectivity index (χ2n) is 3.60. The summed E-state index contributed by atoms with van der Waals surface area (Å²) in [6.07, 6.45) is 0. The Bertz CT molecular complexity index is 364. The quantitative estimate of drug-likeness (QED) is 0.654. The Morgan fingerprint density at radius 1 is 1.60 bits per heavy atom. The van der Waals surface area contributed by atoms with Crippen LogP contribution >= 0.6 is 0 Å². The summed E-state index contributed by atoms with van der Waals surface area (Å²) in [5.74, 6) is -0.335. The predicted octanol–water partition coefficient (Wildman–Crippen LogP) is 1.23. The zero-order chi connectivity index (χ0) is 11.4. The fraction of sp³-hybridized carbons (Fsp3) is 0.364. The lowest BCUT2D eigenvalue weighted by Crippen LogP contribution is -2.26. The van der Waals surface area contributed by atoms with E-state index >= 15 is 0 Å².